The van der Waals surface area contributed by atoms with Crippen LogP contribution in [0, 0.1) is 0 Å². The van der Waals surface area contributed by atoms with Gasteiger partial charge in [0.2, 0.25) is 0 Å². The topological polar surface area (TPSA) is 72.2 Å². The molecule has 0 saturated heterocycles. The van der Waals surface area contributed by atoms with E-state index in [1.54, 1.807) is 30.3 Å². The summed E-state index contributed by atoms with van der Waals surface area (Å²) in [4.78, 5) is 0.0950. The van der Waals surface area contributed by atoms with Crippen molar-refractivity contribution in [3.63, 3.8) is 0 Å². The molecule has 106 valence electrons. The van der Waals surface area contributed by atoms with Crippen LogP contribution in [0.4, 0.5) is 11.4 Å². The smallest absolute Gasteiger partial charge is 0.263 e. The van der Waals surface area contributed by atoms with E-state index in [1.165, 1.54) is 11.6 Å². The lowest BCUT2D eigenvalue weighted by atomic mass is 10.1. The van der Waals surface area contributed by atoms with Crippen LogP contribution in [-0.2, 0) is 16.4 Å². The Kier molecular flexibility index (Phi) is 4.29. The van der Waals surface area contributed by atoms with Gasteiger partial charge in [0.05, 0.1) is 5.69 Å². The molecule has 0 radical (unpaired) electrons. The summed E-state index contributed by atoms with van der Waals surface area (Å²) in [5.41, 5.74) is 7.67. The van der Waals surface area contributed by atoms with Gasteiger partial charge in [-0.1, -0.05) is 37.6 Å². The van der Waals surface area contributed by atoms with Crippen molar-refractivity contribution in [2.24, 2.45) is 0 Å². The molecule has 5 heteroatoms. The Labute approximate surface area is 119 Å². The molecule has 0 bridgehead atoms. The molecule has 0 aliphatic rings. The van der Waals surface area contributed by atoms with Gasteiger partial charge in [0.15, 0.2) is 0 Å². The maximum absolute atomic E-state index is 12.2. The average molecular weight is 290 g/mol. The largest absolute Gasteiger partial charge is 0.398 e. The maximum Gasteiger partial charge on any atom is 0.263 e. The van der Waals surface area contributed by atoms with E-state index in [-0.39, 0.29) is 10.6 Å². The van der Waals surface area contributed by atoms with Crippen LogP contribution in [0.15, 0.2) is 53.4 Å². The molecule has 3 N–H and O–H groups in total. The second-order valence-corrected chi connectivity index (χ2v) is 6.24. The fourth-order valence-electron chi connectivity index (χ4n) is 1.96. The standard InChI is InChI=1S/C15H18N2O2S/c1-2-5-12-8-10-13(11-9-12)17-20(18,19)15-7-4-3-6-14(15)16/h3-4,6-11,17H,2,5,16H2,1H3. The molecule has 20 heavy (non-hydrogen) atoms. The highest BCUT2D eigenvalue weighted by Crippen LogP contribution is 2.21. The third-order valence-corrected chi connectivity index (χ3v) is 4.41. The van der Waals surface area contributed by atoms with Crippen LogP contribution < -0.4 is 10.5 Å². The zero-order chi connectivity index (χ0) is 14.6. The number of nitrogen functional groups attached to an aromatic ring is 1. The van der Waals surface area contributed by atoms with Gasteiger partial charge in [-0.05, 0) is 36.2 Å². The van der Waals surface area contributed by atoms with Gasteiger partial charge in [0.25, 0.3) is 10.0 Å². The Bertz CT molecular complexity index is 679. The fraction of sp³-hybridized carbons (Fsp3) is 0.200. The van der Waals surface area contributed by atoms with Crippen molar-refractivity contribution < 1.29 is 8.42 Å². The Morgan fingerprint density at radius 3 is 2.30 bits per heavy atom. The van der Waals surface area contributed by atoms with E-state index >= 15 is 0 Å². The van der Waals surface area contributed by atoms with E-state index in [0.29, 0.717) is 5.69 Å². The predicted molar refractivity (Wildman–Crippen MR) is 82.1 cm³/mol. The summed E-state index contributed by atoms with van der Waals surface area (Å²) in [6.07, 6.45) is 2.05. The van der Waals surface area contributed by atoms with E-state index in [2.05, 4.69) is 11.6 Å². The normalized spacial score (nSPS) is 11.2. The molecule has 2 aromatic carbocycles. The number of benzene rings is 2. The highest BCUT2D eigenvalue weighted by molar-refractivity contribution is 7.92. The second-order valence-electron chi connectivity index (χ2n) is 4.59. The van der Waals surface area contributed by atoms with Gasteiger partial charge < -0.3 is 5.73 Å². The molecule has 0 aromatic heterocycles. The molecule has 0 aliphatic carbocycles. The van der Waals surface area contributed by atoms with Crippen molar-refractivity contribution in [3.8, 4) is 0 Å². The zero-order valence-electron chi connectivity index (χ0n) is 11.3. The van der Waals surface area contributed by atoms with Crippen molar-refractivity contribution in [1.29, 1.82) is 0 Å². The van der Waals surface area contributed by atoms with Crippen molar-refractivity contribution in [3.05, 3.63) is 54.1 Å². The maximum atomic E-state index is 12.2. The number of aryl methyl sites for hydroxylation is 1. The molecule has 0 spiro atoms. The quantitative estimate of drug-likeness (QED) is 0.831. The predicted octanol–water partition coefficient (Wildman–Crippen LogP) is 3.02. The van der Waals surface area contributed by atoms with Crippen molar-refractivity contribution in [2.75, 3.05) is 10.5 Å². The van der Waals surface area contributed by atoms with Crippen molar-refractivity contribution in [1.82, 2.24) is 0 Å². The van der Waals surface area contributed by atoms with Gasteiger partial charge >= 0.3 is 0 Å². The zero-order valence-corrected chi connectivity index (χ0v) is 12.2. The minimum absolute atomic E-state index is 0.0950. The molecular weight excluding hydrogens is 272 g/mol. The number of anilines is 2. The summed E-state index contributed by atoms with van der Waals surface area (Å²) < 4.78 is 27.0. The highest BCUT2D eigenvalue weighted by atomic mass is 32.2. The number of hydrogen-bond donors (Lipinski definition) is 2. The Balaban J connectivity index is 2.22. The highest BCUT2D eigenvalue weighted by Gasteiger charge is 2.16. The van der Waals surface area contributed by atoms with Crippen molar-refractivity contribution >= 4 is 21.4 Å². The van der Waals surface area contributed by atoms with Gasteiger partial charge in [-0.15, -0.1) is 0 Å². The molecule has 0 saturated carbocycles. The molecule has 4 nitrogen and oxygen atoms in total. The van der Waals surface area contributed by atoms with Crippen LogP contribution >= 0.6 is 0 Å². The lowest BCUT2D eigenvalue weighted by Crippen LogP contribution is -2.14. The first kappa shape index (κ1) is 14.4. The van der Waals surface area contributed by atoms with E-state index < -0.39 is 10.0 Å². The molecule has 0 aliphatic heterocycles. The molecule has 0 atom stereocenters. The summed E-state index contributed by atoms with van der Waals surface area (Å²) in [5.74, 6) is 0. The van der Waals surface area contributed by atoms with Crippen LogP contribution in [0.5, 0.6) is 0 Å². The Morgan fingerprint density at radius 1 is 1.05 bits per heavy atom. The van der Waals surface area contributed by atoms with Gasteiger partial charge in [-0.3, -0.25) is 4.72 Å². The number of para-hydroxylation sites is 1. The third-order valence-electron chi connectivity index (χ3n) is 2.95. The van der Waals surface area contributed by atoms with Crippen molar-refractivity contribution in [2.45, 2.75) is 24.7 Å². The van der Waals surface area contributed by atoms with Gasteiger partial charge in [0, 0.05) is 5.69 Å². The molecule has 2 aromatic rings. The van der Waals surface area contributed by atoms with Crippen LogP contribution in [0.1, 0.15) is 18.9 Å². The van der Waals surface area contributed by atoms with Crippen LogP contribution in [0.2, 0.25) is 0 Å². The van der Waals surface area contributed by atoms with Gasteiger partial charge in [-0.2, -0.15) is 0 Å². The minimum atomic E-state index is -3.64. The molecule has 0 heterocycles. The fourth-order valence-corrected chi connectivity index (χ4v) is 3.16. The first-order valence-corrected chi connectivity index (χ1v) is 7.97. The Morgan fingerprint density at radius 2 is 1.70 bits per heavy atom. The summed E-state index contributed by atoms with van der Waals surface area (Å²) >= 11 is 0. The minimum Gasteiger partial charge on any atom is -0.398 e. The number of nitrogens with two attached hydrogens (primary N) is 1. The van der Waals surface area contributed by atoms with Crippen LogP contribution in [0.25, 0.3) is 0 Å². The first-order valence-electron chi connectivity index (χ1n) is 6.49. The van der Waals surface area contributed by atoms with Crippen LogP contribution in [0.3, 0.4) is 0 Å². The Hall–Kier alpha value is -2.01. The van der Waals surface area contributed by atoms with E-state index in [9.17, 15) is 8.42 Å². The summed E-state index contributed by atoms with van der Waals surface area (Å²) in [7, 11) is -3.64. The average Bonchev–Trinajstić information content (AvgIpc) is 2.41. The summed E-state index contributed by atoms with van der Waals surface area (Å²) in [6, 6.07) is 13.8. The lowest BCUT2D eigenvalue weighted by molar-refractivity contribution is 0.601. The number of nitrogens with one attached hydrogen (secondary N) is 1. The molecule has 0 unspecified atom stereocenters. The third kappa shape index (κ3) is 3.30. The molecular formula is C15H18N2O2S. The number of rotatable bonds is 5. The summed E-state index contributed by atoms with van der Waals surface area (Å²) in [5, 5.41) is 0. The first-order chi connectivity index (χ1) is 9.53. The van der Waals surface area contributed by atoms with Crippen LogP contribution in [-0.4, -0.2) is 8.42 Å². The van der Waals surface area contributed by atoms with E-state index in [1.807, 2.05) is 12.1 Å². The van der Waals surface area contributed by atoms with E-state index in [0.717, 1.165) is 12.8 Å². The number of sulfonamides is 1. The number of hydrogen-bond acceptors (Lipinski definition) is 3. The molecule has 2 rings (SSSR count). The SMILES string of the molecule is CCCc1ccc(NS(=O)(=O)c2ccccc2N)cc1. The monoisotopic (exact) mass is 290 g/mol. The lowest BCUT2D eigenvalue weighted by Gasteiger charge is -2.10. The van der Waals surface area contributed by atoms with Gasteiger partial charge in [0.1, 0.15) is 4.90 Å². The second kappa shape index (κ2) is 5.96. The summed E-state index contributed by atoms with van der Waals surface area (Å²) in [6.45, 7) is 2.11. The van der Waals surface area contributed by atoms with E-state index in [4.69, 9.17) is 5.73 Å². The van der Waals surface area contributed by atoms with Gasteiger partial charge in [-0.25, -0.2) is 8.42 Å². The molecule has 0 fully saturated rings. The molecule has 0 amide bonds.